The lowest BCUT2D eigenvalue weighted by Crippen LogP contribution is -1.87. The Labute approximate surface area is 159 Å². The number of rotatable bonds is 5. The summed E-state index contributed by atoms with van der Waals surface area (Å²) in [6, 6.07) is 24.2. The van der Waals surface area contributed by atoms with Gasteiger partial charge in [0.1, 0.15) is 0 Å². The smallest absolute Gasteiger partial charge is 0.258 e. The molecular weight excluding hydrogens is 392 g/mol. The normalized spacial score (nSPS) is 11.7. The van der Waals surface area contributed by atoms with Gasteiger partial charge in [0.15, 0.2) is 0 Å². The molecule has 0 atom stereocenters. The summed E-state index contributed by atoms with van der Waals surface area (Å²) < 4.78 is 0.878. The van der Waals surface area contributed by atoms with Gasteiger partial charge in [0.2, 0.25) is 0 Å². The molecule has 0 aromatic heterocycles. The van der Waals surface area contributed by atoms with Gasteiger partial charge in [-0.1, -0.05) is 42.5 Å². The number of hydrogen-bond acceptors (Lipinski definition) is 3. The van der Waals surface area contributed by atoms with Crippen molar-refractivity contribution in [1.29, 1.82) is 0 Å². The number of aliphatic imine (C=N–C) groups is 1. The summed E-state index contributed by atoms with van der Waals surface area (Å²) in [5.41, 5.74) is 3.92. The minimum Gasteiger partial charge on any atom is -0.258 e. The van der Waals surface area contributed by atoms with Crippen molar-refractivity contribution in [3.05, 3.63) is 99.0 Å². The van der Waals surface area contributed by atoms with Crippen LogP contribution in [0.3, 0.4) is 0 Å². The summed E-state index contributed by atoms with van der Waals surface area (Å²) >= 11 is 3.50. The molecule has 0 aliphatic carbocycles. The first-order valence-electron chi connectivity index (χ1n) is 7.93. The van der Waals surface area contributed by atoms with E-state index in [4.69, 9.17) is 0 Å². The number of allylic oxidation sites excluding steroid dienone is 1. The van der Waals surface area contributed by atoms with Gasteiger partial charge in [-0.25, -0.2) is 0 Å². The molecular formula is C21H15BrN2O2. The third kappa shape index (κ3) is 4.74. The van der Waals surface area contributed by atoms with Gasteiger partial charge in [0.25, 0.3) is 5.69 Å². The number of halogens is 1. The number of nitro benzene ring substituents is 1. The topological polar surface area (TPSA) is 55.5 Å². The molecule has 0 spiro atoms. The van der Waals surface area contributed by atoms with E-state index in [2.05, 4.69) is 20.9 Å². The summed E-state index contributed by atoms with van der Waals surface area (Å²) in [5.74, 6) is 0. The summed E-state index contributed by atoms with van der Waals surface area (Å²) in [7, 11) is 0. The summed E-state index contributed by atoms with van der Waals surface area (Å²) in [5, 5.41) is 10.7. The number of nitro groups is 1. The zero-order chi connectivity index (χ0) is 18.4. The Bertz CT molecular complexity index is 948. The summed E-state index contributed by atoms with van der Waals surface area (Å²) in [4.78, 5) is 14.8. The Kier molecular flexibility index (Phi) is 5.71. The zero-order valence-electron chi connectivity index (χ0n) is 13.7. The van der Waals surface area contributed by atoms with E-state index in [9.17, 15) is 10.1 Å². The number of benzene rings is 3. The molecule has 0 saturated heterocycles. The zero-order valence-corrected chi connectivity index (χ0v) is 15.3. The lowest BCUT2D eigenvalue weighted by atomic mass is 10.1. The molecule has 26 heavy (non-hydrogen) atoms. The third-order valence-corrected chi connectivity index (χ3v) is 4.15. The fourth-order valence-electron chi connectivity index (χ4n) is 2.40. The van der Waals surface area contributed by atoms with E-state index in [1.165, 1.54) is 12.1 Å². The highest BCUT2D eigenvalue weighted by Gasteiger charge is 2.05. The maximum Gasteiger partial charge on any atom is 0.269 e. The van der Waals surface area contributed by atoms with Crippen molar-refractivity contribution in [1.82, 2.24) is 0 Å². The molecule has 0 N–H and O–H groups in total. The fourth-order valence-corrected chi connectivity index (χ4v) is 2.76. The van der Waals surface area contributed by atoms with Crippen LogP contribution in [0.2, 0.25) is 0 Å². The average Bonchev–Trinajstić information content (AvgIpc) is 2.68. The van der Waals surface area contributed by atoms with E-state index in [1.54, 1.807) is 18.3 Å². The molecule has 0 unspecified atom stereocenters. The number of nitrogens with zero attached hydrogens (tertiary/aromatic N) is 2. The van der Waals surface area contributed by atoms with E-state index < -0.39 is 4.92 Å². The Morgan fingerprint density at radius 3 is 2.04 bits per heavy atom. The molecule has 0 heterocycles. The molecule has 128 valence electrons. The van der Waals surface area contributed by atoms with Crippen LogP contribution in [-0.2, 0) is 0 Å². The van der Waals surface area contributed by atoms with Crippen molar-refractivity contribution in [2.24, 2.45) is 4.99 Å². The summed E-state index contributed by atoms with van der Waals surface area (Å²) in [6.45, 7) is 0. The molecule has 4 nitrogen and oxygen atoms in total. The minimum absolute atomic E-state index is 0.0880. The maximum absolute atomic E-state index is 10.7. The van der Waals surface area contributed by atoms with E-state index in [1.807, 2.05) is 60.7 Å². The predicted octanol–water partition coefficient (Wildman–Crippen LogP) is 6.40. The molecule has 3 aromatic rings. The Balaban J connectivity index is 1.71. The van der Waals surface area contributed by atoms with E-state index >= 15 is 0 Å². The van der Waals surface area contributed by atoms with Crippen LogP contribution in [0.15, 0.2) is 88.3 Å². The lowest BCUT2D eigenvalue weighted by Gasteiger charge is -2.02. The first-order valence-corrected chi connectivity index (χ1v) is 8.72. The van der Waals surface area contributed by atoms with E-state index in [0.29, 0.717) is 0 Å². The first-order chi connectivity index (χ1) is 12.6. The van der Waals surface area contributed by atoms with Crippen LogP contribution >= 0.6 is 15.9 Å². The second-order valence-electron chi connectivity index (χ2n) is 5.55. The molecule has 3 rings (SSSR count). The van der Waals surface area contributed by atoms with Crippen molar-refractivity contribution < 1.29 is 4.92 Å². The first kappa shape index (κ1) is 17.8. The monoisotopic (exact) mass is 406 g/mol. The highest BCUT2D eigenvalue weighted by Crippen LogP contribution is 2.25. The van der Waals surface area contributed by atoms with Gasteiger partial charge in [0, 0.05) is 22.8 Å². The van der Waals surface area contributed by atoms with Gasteiger partial charge >= 0.3 is 0 Å². The van der Waals surface area contributed by atoms with Crippen molar-refractivity contribution in [3.63, 3.8) is 0 Å². The standard InChI is InChI=1S/C21H15BrN2O2/c22-19(14-16-4-2-1-3-5-16)15-23-20-10-6-17(7-11-20)18-8-12-21(13-9-18)24(25)26/h1-15H/b19-14-,23-15?. The number of hydrogen-bond donors (Lipinski definition) is 0. The molecule has 0 aliphatic rings. The average molecular weight is 407 g/mol. The van der Waals surface area contributed by atoms with Crippen molar-refractivity contribution in [2.75, 3.05) is 0 Å². The van der Waals surface area contributed by atoms with Gasteiger partial charge < -0.3 is 0 Å². The van der Waals surface area contributed by atoms with Crippen molar-refractivity contribution in [2.45, 2.75) is 0 Å². The van der Waals surface area contributed by atoms with Crippen LogP contribution in [0.5, 0.6) is 0 Å². The van der Waals surface area contributed by atoms with Crippen LogP contribution in [0, 0.1) is 10.1 Å². The second kappa shape index (κ2) is 8.36. The molecule has 0 saturated carbocycles. The second-order valence-corrected chi connectivity index (χ2v) is 6.46. The summed E-state index contributed by atoms with van der Waals surface area (Å²) in [6.07, 6.45) is 3.75. The highest BCUT2D eigenvalue weighted by atomic mass is 79.9. The van der Waals surface area contributed by atoms with Crippen LogP contribution in [0.4, 0.5) is 11.4 Å². The maximum atomic E-state index is 10.7. The fraction of sp³-hybridized carbons (Fsp3) is 0. The quantitative estimate of drug-likeness (QED) is 0.279. The molecule has 5 heteroatoms. The van der Waals surface area contributed by atoms with Gasteiger partial charge in [-0.2, -0.15) is 0 Å². The Hall–Kier alpha value is -3.05. The van der Waals surface area contributed by atoms with Crippen LogP contribution in [0.1, 0.15) is 5.56 Å². The van der Waals surface area contributed by atoms with Crippen molar-refractivity contribution >= 4 is 39.6 Å². The Morgan fingerprint density at radius 2 is 1.46 bits per heavy atom. The van der Waals surface area contributed by atoms with E-state index in [-0.39, 0.29) is 5.69 Å². The van der Waals surface area contributed by atoms with Crippen molar-refractivity contribution in [3.8, 4) is 11.1 Å². The van der Waals surface area contributed by atoms with Gasteiger partial charge in [-0.05, 0) is 63.0 Å². The third-order valence-electron chi connectivity index (χ3n) is 3.72. The van der Waals surface area contributed by atoms with Gasteiger partial charge in [0.05, 0.1) is 10.6 Å². The largest absolute Gasteiger partial charge is 0.269 e. The predicted molar refractivity (Wildman–Crippen MR) is 110 cm³/mol. The van der Waals surface area contributed by atoms with Crippen LogP contribution in [-0.4, -0.2) is 11.1 Å². The highest BCUT2D eigenvalue weighted by molar-refractivity contribution is 9.12. The van der Waals surface area contributed by atoms with Crippen LogP contribution < -0.4 is 0 Å². The van der Waals surface area contributed by atoms with Crippen LogP contribution in [0.25, 0.3) is 17.2 Å². The van der Waals surface area contributed by atoms with E-state index in [0.717, 1.165) is 26.9 Å². The van der Waals surface area contributed by atoms with Gasteiger partial charge in [-0.15, -0.1) is 0 Å². The lowest BCUT2D eigenvalue weighted by molar-refractivity contribution is -0.384. The molecule has 0 aliphatic heterocycles. The minimum atomic E-state index is -0.400. The Morgan fingerprint density at radius 1 is 0.885 bits per heavy atom. The van der Waals surface area contributed by atoms with Gasteiger partial charge in [-0.3, -0.25) is 15.1 Å². The molecule has 0 amide bonds. The molecule has 3 aromatic carbocycles. The SMILES string of the molecule is O=[N+]([O-])c1ccc(-c2ccc(N=C/C(Br)=C/c3ccccc3)cc2)cc1. The molecule has 0 fully saturated rings. The molecule has 0 bridgehead atoms. The number of non-ortho nitro benzene ring substituents is 1. The molecule has 0 radical (unpaired) electrons.